The number of benzene rings is 2. The highest BCUT2D eigenvalue weighted by molar-refractivity contribution is 7.13. The maximum atomic E-state index is 14.1. The number of aryl methyl sites for hydroxylation is 1. The smallest absolute Gasteiger partial charge is 0.246 e. The molecule has 0 spiro atoms. The van der Waals surface area contributed by atoms with E-state index in [1.807, 2.05) is 74.4 Å². The number of thiazole rings is 1. The number of aromatic nitrogens is 5. The number of nitrogen functional groups attached to an aromatic ring is 1. The van der Waals surface area contributed by atoms with Crippen molar-refractivity contribution in [2.24, 2.45) is 5.41 Å². The highest BCUT2D eigenvalue weighted by Gasteiger charge is 2.44. The van der Waals surface area contributed by atoms with E-state index in [0.29, 0.717) is 29.9 Å². The summed E-state index contributed by atoms with van der Waals surface area (Å²) in [5.74, 6) is -0.677. The van der Waals surface area contributed by atoms with Crippen LogP contribution < -0.4 is 16.4 Å². The second kappa shape index (κ2) is 17.0. The van der Waals surface area contributed by atoms with Crippen LogP contribution in [-0.4, -0.2) is 107 Å². The van der Waals surface area contributed by atoms with Crippen molar-refractivity contribution in [2.45, 2.75) is 77.7 Å². The van der Waals surface area contributed by atoms with E-state index >= 15 is 0 Å². The first-order chi connectivity index (χ1) is 27.7. The first-order valence-electron chi connectivity index (χ1n) is 19.5. The lowest BCUT2D eigenvalue weighted by Crippen LogP contribution is -2.58. The van der Waals surface area contributed by atoms with Gasteiger partial charge in [0.2, 0.25) is 17.7 Å². The molecule has 6 N–H and O–H groups in total. The van der Waals surface area contributed by atoms with Crippen LogP contribution in [0, 0.1) is 12.3 Å². The summed E-state index contributed by atoms with van der Waals surface area (Å²) in [6.45, 7) is 9.27. The Bertz CT molecular complexity index is 2260. The van der Waals surface area contributed by atoms with Crippen molar-refractivity contribution in [3.05, 3.63) is 83.8 Å². The zero-order valence-corrected chi connectivity index (χ0v) is 33.9. The predicted molar refractivity (Wildman–Crippen MR) is 221 cm³/mol. The van der Waals surface area contributed by atoms with Crippen LogP contribution in [0.1, 0.15) is 57.3 Å². The monoisotopic (exact) mass is 806 g/mol. The molecule has 3 aromatic heterocycles. The van der Waals surface area contributed by atoms with Gasteiger partial charge in [-0.3, -0.25) is 24.0 Å². The summed E-state index contributed by atoms with van der Waals surface area (Å²) in [6.07, 6.45) is 4.43. The Morgan fingerprint density at radius 3 is 2.45 bits per heavy atom. The van der Waals surface area contributed by atoms with E-state index in [2.05, 4.69) is 35.8 Å². The van der Waals surface area contributed by atoms with Crippen LogP contribution in [-0.2, 0) is 20.9 Å². The number of piperidine rings is 1. The molecule has 5 aromatic rings. The van der Waals surface area contributed by atoms with Gasteiger partial charge in [-0.2, -0.15) is 5.10 Å². The standard InChI is InChI=1S/C42H50N10O5S/c1-25-37(58-24-45-25)27-11-9-26(10-12-27)19-44-40(56)34-17-30(53)22-51(34)41(57)38(42(2,3)4)47-36(55)23-50-15-13-29(14-16-50)52-21-28(20-46-52)32-18-33(48-49-39(32)43)31-7-5-6-8-35(31)54/h5-12,18,20-21,24,29-30,34,38,53-54H,13-17,19,22-23H2,1-4H3,(H2,43,49)(H,44,56)(H,47,55)/t30-,34+,38?/m1/s1. The first kappa shape index (κ1) is 40.5. The van der Waals surface area contributed by atoms with Crippen molar-refractivity contribution in [1.82, 2.24) is 45.4 Å². The Kier molecular flexibility index (Phi) is 11.9. The summed E-state index contributed by atoms with van der Waals surface area (Å²) in [4.78, 5) is 50.0. The van der Waals surface area contributed by atoms with Gasteiger partial charge in [-0.15, -0.1) is 21.5 Å². The lowest BCUT2D eigenvalue weighted by Gasteiger charge is -2.36. The number of phenols is 1. The number of para-hydroxylation sites is 1. The Labute approximate surface area is 341 Å². The number of aliphatic hydroxyl groups is 1. The molecule has 2 aliphatic heterocycles. The minimum Gasteiger partial charge on any atom is -0.507 e. The minimum absolute atomic E-state index is 0.00691. The number of aromatic hydroxyl groups is 1. The molecule has 7 rings (SSSR count). The number of nitrogens with one attached hydrogen (secondary N) is 2. The highest BCUT2D eigenvalue weighted by Crippen LogP contribution is 2.33. The van der Waals surface area contributed by atoms with E-state index in [4.69, 9.17) is 5.73 Å². The van der Waals surface area contributed by atoms with Crippen molar-refractivity contribution < 1.29 is 24.6 Å². The van der Waals surface area contributed by atoms with Crippen molar-refractivity contribution in [2.75, 3.05) is 31.9 Å². The maximum Gasteiger partial charge on any atom is 0.246 e. The van der Waals surface area contributed by atoms with Gasteiger partial charge in [0.1, 0.15) is 17.8 Å². The third-order valence-electron chi connectivity index (χ3n) is 10.9. The number of rotatable bonds is 11. The molecule has 2 aliphatic rings. The van der Waals surface area contributed by atoms with Crippen molar-refractivity contribution in [3.8, 4) is 38.6 Å². The number of nitrogens with zero attached hydrogens (tertiary/aromatic N) is 7. The normalized spacial score (nSPS) is 18.3. The van der Waals surface area contributed by atoms with Crippen LogP contribution in [0.4, 0.5) is 5.82 Å². The highest BCUT2D eigenvalue weighted by atomic mass is 32.1. The van der Waals surface area contributed by atoms with E-state index in [-0.39, 0.29) is 55.5 Å². The van der Waals surface area contributed by atoms with E-state index in [1.165, 1.54) is 4.90 Å². The SMILES string of the molecule is Cc1ncsc1-c1ccc(CNC(=O)[C@@H]2C[C@@H](O)CN2C(=O)C(NC(=O)CN2CCC(n3cc(-c4cc(-c5ccccc5O)nnc4N)cn3)CC2)C(C)(C)C)cc1. The summed E-state index contributed by atoms with van der Waals surface area (Å²) < 4.78 is 1.91. The molecule has 3 amide bonds. The minimum atomic E-state index is -0.912. The number of likely N-dealkylation sites (tertiary alicyclic amines) is 2. The molecule has 0 radical (unpaired) electrons. The van der Waals surface area contributed by atoms with Gasteiger partial charge in [-0.25, -0.2) is 4.98 Å². The molecule has 1 unspecified atom stereocenters. The first-order valence-corrected chi connectivity index (χ1v) is 20.4. The summed E-state index contributed by atoms with van der Waals surface area (Å²) in [6, 6.07) is 14.9. The Morgan fingerprint density at radius 2 is 1.76 bits per heavy atom. The third-order valence-corrected chi connectivity index (χ3v) is 11.9. The van der Waals surface area contributed by atoms with Gasteiger partial charge in [-0.1, -0.05) is 57.2 Å². The predicted octanol–water partition coefficient (Wildman–Crippen LogP) is 4.17. The van der Waals surface area contributed by atoms with Gasteiger partial charge in [0.05, 0.1) is 46.7 Å². The van der Waals surface area contributed by atoms with E-state index in [0.717, 1.165) is 40.1 Å². The summed E-state index contributed by atoms with van der Waals surface area (Å²) in [5, 5.41) is 39.8. The molecule has 2 aromatic carbocycles. The van der Waals surface area contributed by atoms with Gasteiger partial charge in [0.25, 0.3) is 0 Å². The molecular formula is C42H50N10O5S. The van der Waals surface area contributed by atoms with Crippen molar-refractivity contribution in [3.63, 3.8) is 0 Å². The largest absolute Gasteiger partial charge is 0.507 e. The van der Waals surface area contributed by atoms with Crippen LogP contribution in [0.15, 0.2) is 72.5 Å². The number of carbonyl (C=O) groups is 3. The Morgan fingerprint density at radius 1 is 1.02 bits per heavy atom. The van der Waals surface area contributed by atoms with E-state index in [1.54, 1.807) is 41.8 Å². The summed E-state index contributed by atoms with van der Waals surface area (Å²) in [7, 11) is 0. The van der Waals surface area contributed by atoms with Gasteiger partial charge in [-0.05, 0) is 54.5 Å². The fourth-order valence-electron chi connectivity index (χ4n) is 7.66. The summed E-state index contributed by atoms with van der Waals surface area (Å²) in [5.41, 5.74) is 12.8. The van der Waals surface area contributed by atoms with Crippen LogP contribution >= 0.6 is 11.3 Å². The van der Waals surface area contributed by atoms with Gasteiger partial charge < -0.3 is 31.5 Å². The van der Waals surface area contributed by atoms with Gasteiger partial charge >= 0.3 is 0 Å². The van der Waals surface area contributed by atoms with Crippen LogP contribution in [0.25, 0.3) is 32.8 Å². The lowest BCUT2D eigenvalue weighted by atomic mass is 9.85. The zero-order chi connectivity index (χ0) is 41.1. The van der Waals surface area contributed by atoms with Crippen LogP contribution in [0.2, 0.25) is 0 Å². The van der Waals surface area contributed by atoms with Gasteiger partial charge in [0.15, 0.2) is 5.82 Å². The number of amides is 3. The molecular weight excluding hydrogens is 757 g/mol. The number of aliphatic hydroxyl groups excluding tert-OH is 1. The third kappa shape index (κ3) is 9.03. The number of β-amino-alcohol motifs (C(OH)–C–C–N with tert-alkyl or cyclic N) is 1. The molecule has 2 fully saturated rings. The fourth-order valence-corrected chi connectivity index (χ4v) is 8.47. The number of anilines is 1. The molecule has 15 nitrogen and oxygen atoms in total. The molecule has 0 bridgehead atoms. The molecule has 5 heterocycles. The molecule has 16 heteroatoms. The van der Waals surface area contributed by atoms with Crippen LogP contribution in [0.5, 0.6) is 5.75 Å². The average molecular weight is 807 g/mol. The number of phenolic OH excluding ortho intramolecular Hbond substituents is 1. The average Bonchev–Trinajstić information content (AvgIpc) is 3.97. The van der Waals surface area contributed by atoms with Crippen molar-refractivity contribution in [1.29, 1.82) is 0 Å². The molecule has 58 heavy (non-hydrogen) atoms. The fraction of sp³-hybridized carbons (Fsp3) is 0.405. The van der Waals surface area contributed by atoms with Crippen molar-refractivity contribution >= 4 is 34.9 Å². The maximum absolute atomic E-state index is 14.1. The topological polar surface area (TPSA) is 205 Å². The molecule has 3 atom stereocenters. The second-order valence-corrected chi connectivity index (χ2v) is 17.1. The van der Waals surface area contributed by atoms with E-state index in [9.17, 15) is 24.6 Å². The van der Waals surface area contributed by atoms with E-state index < -0.39 is 29.5 Å². The number of nitrogens with two attached hydrogens (primary N) is 1. The van der Waals surface area contributed by atoms with Crippen LogP contribution in [0.3, 0.4) is 0 Å². The lowest BCUT2D eigenvalue weighted by molar-refractivity contribution is -0.144. The number of carbonyl (C=O) groups excluding carboxylic acids is 3. The number of hydrogen-bond donors (Lipinski definition) is 5. The number of hydrogen-bond acceptors (Lipinski definition) is 12. The Balaban J connectivity index is 0.928. The molecule has 2 saturated heterocycles. The second-order valence-electron chi connectivity index (χ2n) is 16.2. The molecule has 0 saturated carbocycles. The Hall–Kier alpha value is -5.71. The molecule has 304 valence electrons. The quantitative estimate of drug-likeness (QED) is 0.128. The summed E-state index contributed by atoms with van der Waals surface area (Å²) >= 11 is 1.58. The zero-order valence-electron chi connectivity index (χ0n) is 33.1. The molecule has 0 aliphatic carbocycles. The van der Waals surface area contributed by atoms with Gasteiger partial charge in [0, 0.05) is 55.5 Å².